The van der Waals surface area contributed by atoms with E-state index in [2.05, 4.69) is 63.8 Å². The third-order valence-corrected chi connectivity index (χ3v) is 8.85. The summed E-state index contributed by atoms with van der Waals surface area (Å²) in [7, 11) is 0. The molecule has 0 bridgehead atoms. The third kappa shape index (κ3) is 5.23. The summed E-state index contributed by atoms with van der Waals surface area (Å²) < 4.78 is 2.58. The van der Waals surface area contributed by atoms with Gasteiger partial charge in [0, 0.05) is 48.3 Å². The Morgan fingerprint density at radius 3 is 2.66 bits per heavy atom. The minimum atomic E-state index is 0.375. The van der Waals surface area contributed by atoms with Crippen LogP contribution in [0.5, 0.6) is 0 Å². The van der Waals surface area contributed by atoms with E-state index in [4.69, 9.17) is 9.97 Å². The van der Waals surface area contributed by atoms with Crippen LogP contribution in [0, 0.1) is 0 Å². The Balaban J connectivity index is 1.38. The van der Waals surface area contributed by atoms with Gasteiger partial charge in [-0.2, -0.15) is 0 Å². The summed E-state index contributed by atoms with van der Waals surface area (Å²) >= 11 is 0. The predicted octanol–water partition coefficient (Wildman–Crippen LogP) is 7.14. The number of nitrogens with zero attached hydrogens (tertiary/aromatic N) is 5. The summed E-state index contributed by atoms with van der Waals surface area (Å²) in [5.41, 5.74) is 6.63. The maximum Gasteiger partial charge on any atom is 0.0787 e. The van der Waals surface area contributed by atoms with Gasteiger partial charge in [0.2, 0.25) is 0 Å². The van der Waals surface area contributed by atoms with Gasteiger partial charge in [0.1, 0.15) is 0 Å². The zero-order valence-corrected chi connectivity index (χ0v) is 23.1. The number of rotatable bonds is 10. The van der Waals surface area contributed by atoms with E-state index in [0.717, 1.165) is 32.6 Å². The first-order chi connectivity index (χ1) is 18.8. The second-order valence-electron chi connectivity index (χ2n) is 11.4. The first-order valence-corrected chi connectivity index (χ1v) is 15.1. The average molecular weight is 510 g/mol. The van der Waals surface area contributed by atoms with Crippen molar-refractivity contribution < 1.29 is 0 Å². The molecule has 1 unspecified atom stereocenters. The number of aromatic nitrogens is 3. The van der Waals surface area contributed by atoms with Crippen molar-refractivity contribution in [2.75, 3.05) is 26.2 Å². The summed E-state index contributed by atoms with van der Waals surface area (Å²) in [5, 5.41) is 2.70. The summed E-state index contributed by atoms with van der Waals surface area (Å²) in [6.07, 6.45) is 15.4. The monoisotopic (exact) mass is 509 g/mol. The fourth-order valence-corrected chi connectivity index (χ4v) is 6.89. The van der Waals surface area contributed by atoms with Gasteiger partial charge in [0.25, 0.3) is 0 Å². The Hall–Kier alpha value is -2.76. The van der Waals surface area contributed by atoms with Crippen molar-refractivity contribution in [3.05, 3.63) is 71.8 Å². The molecule has 3 aromatic heterocycles. The quantitative estimate of drug-likeness (QED) is 0.213. The maximum atomic E-state index is 5.08. The van der Waals surface area contributed by atoms with Crippen LogP contribution < -0.4 is 0 Å². The lowest BCUT2D eigenvalue weighted by Crippen LogP contribution is -2.33. The van der Waals surface area contributed by atoms with Gasteiger partial charge in [-0.1, -0.05) is 50.5 Å². The van der Waals surface area contributed by atoms with E-state index in [9.17, 15) is 0 Å². The zero-order valence-electron chi connectivity index (χ0n) is 23.1. The number of hydrogen-bond donors (Lipinski definition) is 0. The van der Waals surface area contributed by atoms with Crippen molar-refractivity contribution in [3.63, 3.8) is 0 Å². The van der Waals surface area contributed by atoms with Crippen LogP contribution in [0.2, 0.25) is 0 Å². The number of benzene rings is 1. The Bertz CT molecular complexity index is 1350. The van der Waals surface area contributed by atoms with Crippen LogP contribution >= 0.6 is 0 Å². The molecule has 1 atom stereocenters. The molecule has 0 saturated carbocycles. The normalized spacial score (nSPS) is 18.4. The fraction of sp³-hybridized carbons (Fsp3) is 0.515. The Labute approximate surface area is 227 Å². The molecular weight excluding hydrogens is 466 g/mol. The molecule has 38 heavy (non-hydrogen) atoms. The van der Waals surface area contributed by atoms with Gasteiger partial charge >= 0.3 is 0 Å². The van der Waals surface area contributed by atoms with Crippen molar-refractivity contribution >= 4 is 21.8 Å². The van der Waals surface area contributed by atoms with Gasteiger partial charge in [-0.15, -0.1) is 0 Å². The van der Waals surface area contributed by atoms with E-state index in [1.54, 1.807) is 0 Å². The number of hydrogen-bond acceptors (Lipinski definition) is 4. The lowest BCUT2D eigenvalue weighted by atomic mass is 9.90. The van der Waals surface area contributed by atoms with Crippen LogP contribution in [-0.4, -0.2) is 50.5 Å². The highest BCUT2D eigenvalue weighted by molar-refractivity contribution is 6.08. The minimum Gasteiger partial charge on any atom is -0.338 e. The SMILES string of the molecule is CCCCCN(Cc1nccc2c3ccccc3n(CCN3CCCCC3)c12)C1CCCc2cccnc21. The Morgan fingerprint density at radius 1 is 0.868 bits per heavy atom. The molecule has 6 rings (SSSR count). The lowest BCUT2D eigenvalue weighted by molar-refractivity contribution is 0.161. The van der Waals surface area contributed by atoms with Crippen molar-refractivity contribution in [2.45, 2.75) is 83.8 Å². The number of unbranched alkanes of at least 4 members (excludes halogenated alkanes) is 2. The topological polar surface area (TPSA) is 37.2 Å². The van der Waals surface area contributed by atoms with E-state index in [1.807, 2.05) is 12.4 Å². The summed E-state index contributed by atoms with van der Waals surface area (Å²) in [6, 6.07) is 16.0. The lowest BCUT2D eigenvalue weighted by Gasteiger charge is -2.35. The molecule has 1 fully saturated rings. The largest absolute Gasteiger partial charge is 0.338 e. The number of piperidine rings is 1. The minimum absolute atomic E-state index is 0.375. The molecule has 0 spiro atoms. The van der Waals surface area contributed by atoms with Gasteiger partial charge < -0.3 is 9.47 Å². The highest BCUT2D eigenvalue weighted by Crippen LogP contribution is 2.36. The van der Waals surface area contributed by atoms with Crippen LogP contribution in [0.15, 0.2) is 54.9 Å². The second kappa shape index (κ2) is 12.0. The standard InChI is InChI=1S/C33H43N5/c1-2-3-7-22-37(31-16-10-12-26-13-11-18-35-32(26)31)25-29-33-28(17-19-34-29)27-14-5-6-15-30(27)38(33)24-23-36-20-8-4-9-21-36/h5-6,11,13-15,17-19,31H,2-4,7-10,12,16,20-25H2,1H3. The maximum absolute atomic E-state index is 5.08. The highest BCUT2D eigenvalue weighted by atomic mass is 15.2. The zero-order chi connectivity index (χ0) is 25.7. The Morgan fingerprint density at radius 2 is 1.76 bits per heavy atom. The second-order valence-corrected chi connectivity index (χ2v) is 11.4. The van der Waals surface area contributed by atoms with Crippen LogP contribution in [0.3, 0.4) is 0 Å². The summed E-state index contributed by atoms with van der Waals surface area (Å²) in [4.78, 5) is 15.4. The first-order valence-electron chi connectivity index (χ1n) is 15.1. The van der Waals surface area contributed by atoms with Crippen LogP contribution in [0.4, 0.5) is 0 Å². The van der Waals surface area contributed by atoms with Crippen molar-refractivity contribution in [1.82, 2.24) is 24.3 Å². The molecule has 2 aliphatic rings. The smallest absolute Gasteiger partial charge is 0.0787 e. The first kappa shape index (κ1) is 25.5. The molecule has 200 valence electrons. The van der Waals surface area contributed by atoms with E-state index in [1.165, 1.54) is 103 Å². The van der Waals surface area contributed by atoms with Crippen molar-refractivity contribution in [3.8, 4) is 0 Å². The van der Waals surface area contributed by atoms with Gasteiger partial charge in [-0.3, -0.25) is 14.9 Å². The van der Waals surface area contributed by atoms with E-state index in [0.29, 0.717) is 6.04 Å². The molecule has 1 aliphatic carbocycles. The molecule has 5 heteroatoms. The molecular formula is C33H43N5. The highest BCUT2D eigenvalue weighted by Gasteiger charge is 2.28. The molecule has 4 aromatic rings. The van der Waals surface area contributed by atoms with Gasteiger partial charge in [-0.05, 0) is 81.9 Å². The van der Waals surface area contributed by atoms with Gasteiger partial charge in [0.15, 0.2) is 0 Å². The number of pyridine rings is 2. The molecule has 5 nitrogen and oxygen atoms in total. The molecule has 1 aromatic carbocycles. The molecule has 0 N–H and O–H groups in total. The average Bonchev–Trinajstić information content (AvgIpc) is 3.30. The Kier molecular flexibility index (Phi) is 8.03. The van der Waals surface area contributed by atoms with Crippen LogP contribution in [0.25, 0.3) is 21.8 Å². The van der Waals surface area contributed by atoms with Gasteiger partial charge in [0.05, 0.1) is 22.9 Å². The van der Waals surface area contributed by atoms with Gasteiger partial charge in [-0.25, -0.2) is 0 Å². The third-order valence-electron chi connectivity index (χ3n) is 8.85. The molecule has 1 saturated heterocycles. The molecule has 1 aliphatic heterocycles. The molecule has 0 radical (unpaired) electrons. The van der Waals surface area contributed by atoms with E-state index in [-0.39, 0.29) is 0 Å². The van der Waals surface area contributed by atoms with Crippen molar-refractivity contribution in [1.29, 1.82) is 0 Å². The van der Waals surface area contributed by atoms with Crippen LogP contribution in [-0.2, 0) is 19.5 Å². The number of fused-ring (bicyclic) bond motifs is 4. The number of aryl methyl sites for hydroxylation is 1. The van der Waals surface area contributed by atoms with Crippen LogP contribution in [0.1, 0.15) is 81.3 Å². The van der Waals surface area contributed by atoms with E-state index >= 15 is 0 Å². The number of para-hydroxylation sites is 1. The summed E-state index contributed by atoms with van der Waals surface area (Å²) in [6.45, 7) is 8.88. The van der Waals surface area contributed by atoms with Crippen molar-refractivity contribution in [2.24, 2.45) is 0 Å². The summed E-state index contributed by atoms with van der Waals surface area (Å²) in [5.74, 6) is 0. The molecule has 0 amide bonds. The predicted molar refractivity (Wildman–Crippen MR) is 157 cm³/mol. The molecule has 4 heterocycles. The number of likely N-dealkylation sites (tertiary alicyclic amines) is 1. The fourth-order valence-electron chi connectivity index (χ4n) is 6.89. The van der Waals surface area contributed by atoms with E-state index < -0.39 is 0 Å².